The van der Waals surface area contributed by atoms with Crippen LogP contribution in [0.5, 0.6) is 0 Å². The molecule has 1 N–H and O–H groups in total. The molecule has 8 heteroatoms. The van der Waals surface area contributed by atoms with Crippen molar-refractivity contribution in [3.05, 3.63) is 35.6 Å². The number of hydrogen-bond donors (Lipinski definition) is 1. The lowest BCUT2D eigenvalue weighted by Crippen LogP contribution is -2.49. The van der Waals surface area contributed by atoms with Crippen molar-refractivity contribution >= 4 is 22.4 Å². The Kier molecular flexibility index (Phi) is 7.89. The molecule has 1 fully saturated rings. The predicted molar refractivity (Wildman–Crippen MR) is 90.8 cm³/mol. The Morgan fingerprint density at radius 3 is 2.83 bits per heavy atom. The van der Waals surface area contributed by atoms with Crippen LogP contribution in [0.2, 0.25) is 0 Å². The lowest BCUT2D eigenvalue weighted by atomic mass is 10.1. The molecule has 1 aromatic carbocycles. The molecule has 2 rings (SSSR count). The molecule has 0 bridgehead atoms. The van der Waals surface area contributed by atoms with Crippen molar-refractivity contribution < 1.29 is 17.5 Å². The van der Waals surface area contributed by atoms with Gasteiger partial charge >= 0.3 is 0 Å². The molecular formula is C15H24ClFN2O3S. The molecule has 132 valence electrons. The first-order valence-electron chi connectivity index (χ1n) is 7.47. The Bertz CT molecular complexity index is 598. The summed E-state index contributed by atoms with van der Waals surface area (Å²) < 4.78 is 45.4. The van der Waals surface area contributed by atoms with Crippen molar-refractivity contribution in [2.24, 2.45) is 0 Å². The van der Waals surface area contributed by atoms with Gasteiger partial charge in [-0.05, 0) is 31.5 Å². The zero-order valence-electron chi connectivity index (χ0n) is 13.4. The normalized spacial score (nSPS) is 19.6. The quantitative estimate of drug-likeness (QED) is 0.836. The van der Waals surface area contributed by atoms with Crippen LogP contribution < -0.4 is 5.32 Å². The van der Waals surface area contributed by atoms with Crippen LogP contribution in [-0.2, 0) is 14.8 Å². The number of benzene rings is 1. The minimum absolute atomic E-state index is 0. The van der Waals surface area contributed by atoms with Crippen molar-refractivity contribution in [2.75, 3.05) is 32.0 Å². The third-order valence-electron chi connectivity index (χ3n) is 3.58. The highest BCUT2D eigenvalue weighted by molar-refractivity contribution is 7.89. The average Bonchev–Trinajstić information content (AvgIpc) is 2.46. The molecule has 0 saturated carbocycles. The number of ether oxygens (including phenoxy) is 1. The molecular weight excluding hydrogens is 343 g/mol. The highest BCUT2D eigenvalue weighted by Crippen LogP contribution is 2.25. The number of nitrogens with one attached hydrogen (secondary N) is 1. The van der Waals surface area contributed by atoms with E-state index in [2.05, 4.69) is 5.32 Å². The van der Waals surface area contributed by atoms with E-state index < -0.39 is 10.0 Å². The zero-order valence-corrected chi connectivity index (χ0v) is 15.0. The number of hydrogen-bond acceptors (Lipinski definition) is 4. The lowest BCUT2D eigenvalue weighted by Gasteiger charge is -2.35. The van der Waals surface area contributed by atoms with Gasteiger partial charge in [-0.3, -0.25) is 0 Å². The summed E-state index contributed by atoms with van der Waals surface area (Å²) in [6.45, 7) is 5.36. The van der Waals surface area contributed by atoms with E-state index in [0.717, 1.165) is 0 Å². The molecule has 0 spiro atoms. The van der Waals surface area contributed by atoms with Gasteiger partial charge in [-0.2, -0.15) is 4.31 Å². The highest BCUT2D eigenvalue weighted by atomic mass is 35.5. The van der Waals surface area contributed by atoms with Crippen molar-refractivity contribution in [2.45, 2.75) is 26.0 Å². The molecule has 1 unspecified atom stereocenters. The van der Waals surface area contributed by atoms with Crippen LogP contribution in [0.15, 0.2) is 24.3 Å². The Labute approximate surface area is 143 Å². The van der Waals surface area contributed by atoms with Gasteiger partial charge in [-0.1, -0.05) is 12.1 Å². The molecule has 0 amide bonds. The standard InChI is InChI=1S/C15H23FN2O3S.ClH/c1-12(2)21-8-9-22(19,20)18-7-6-17-11-15(18)13-4-3-5-14(16)10-13;/h3-5,10,12,15,17H,6-9,11H2,1-2H3;1H. The third-order valence-corrected chi connectivity index (χ3v) is 5.41. The van der Waals surface area contributed by atoms with Crippen LogP contribution in [0, 0.1) is 5.82 Å². The lowest BCUT2D eigenvalue weighted by molar-refractivity contribution is 0.0903. The van der Waals surface area contributed by atoms with Crippen LogP contribution in [0.3, 0.4) is 0 Å². The van der Waals surface area contributed by atoms with Crippen LogP contribution >= 0.6 is 12.4 Å². The summed E-state index contributed by atoms with van der Waals surface area (Å²) in [7, 11) is -3.44. The van der Waals surface area contributed by atoms with Gasteiger partial charge in [0.15, 0.2) is 0 Å². The first-order valence-corrected chi connectivity index (χ1v) is 9.08. The molecule has 5 nitrogen and oxygen atoms in total. The van der Waals surface area contributed by atoms with E-state index in [0.29, 0.717) is 25.2 Å². The van der Waals surface area contributed by atoms with Gasteiger partial charge in [-0.15, -0.1) is 12.4 Å². The Balaban J connectivity index is 0.00000264. The summed E-state index contributed by atoms with van der Waals surface area (Å²) >= 11 is 0. The summed E-state index contributed by atoms with van der Waals surface area (Å²) in [4.78, 5) is 0. The summed E-state index contributed by atoms with van der Waals surface area (Å²) in [5, 5.41) is 3.17. The molecule has 0 aliphatic carbocycles. The van der Waals surface area contributed by atoms with Gasteiger partial charge < -0.3 is 10.1 Å². The highest BCUT2D eigenvalue weighted by Gasteiger charge is 2.33. The van der Waals surface area contributed by atoms with Crippen LogP contribution in [0.1, 0.15) is 25.5 Å². The Hall–Kier alpha value is -0.730. The molecule has 1 aliphatic heterocycles. The van der Waals surface area contributed by atoms with Crippen LogP contribution in [-0.4, -0.2) is 50.8 Å². The molecule has 0 radical (unpaired) electrons. The maximum atomic E-state index is 13.4. The maximum absolute atomic E-state index is 13.4. The number of sulfonamides is 1. The van der Waals surface area contributed by atoms with Gasteiger partial charge in [0.25, 0.3) is 0 Å². The smallest absolute Gasteiger partial charge is 0.217 e. The summed E-state index contributed by atoms with van der Waals surface area (Å²) in [5.41, 5.74) is 0.667. The second-order valence-electron chi connectivity index (χ2n) is 5.62. The molecule has 1 atom stereocenters. The van der Waals surface area contributed by atoms with E-state index in [1.165, 1.54) is 16.4 Å². The zero-order chi connectivity index (χ0) is 16.2. The number of halogens is 2. The SMILES string of the molecule is CC(C)OCCS(=O)(=O)N1CCNCC1c1cccc(F)c1.Cl. The maximum Gasteiger partial charge on any atom is 0.217 e. The number of rotatable bonds is 6. The monoisotopic (exact) mass is 366 g/mol. The van der Waals surface area contributed by atoms with Crippen molar-refractivity contribution in [1.29, 1.82) is 0 Å². The van der Waals surface area contributed by atoms with Gasteiger partial charge in [0.1, 0.15) is 5.82 Å². The second-order valence-corrected chi connectivity index (χ2v) is 7.66. The van der Waals surface area contributed by atoms with E-state index in [-0.39, 0.29) is 42.7 Å². The van der Waals surface area contributed by atoms with Gasteiger partial charge in [0.05, 0.1) is 24.5 Å². The number of nitrogens with zero attached hydrogens (tertiary/aromatic N) is 1. The van der Waals surface area contributed by atoms with Crippen LogP contribution in [0.25, 0.3) is 0 Å². The molecule has 1 saturated heterocycles. The van der Waals surface area contributed by atoms with E-state index in [4.69, 9.17) is 4.74 Å². The minimum atomic E-state index is -3.44. The largest absolute Gasteiger partial charge is 0.378 e. The van der Waals surface area contributed by atoms with E-state index in [9.17, 15) is 12.8 Å². The van der Waals surface area contributed by atoms with Crippen LogP contribution in [0.4, 0.5) is 4.39 Å². The molecule has 0 aromatic heterocycles. The van der Waals surface area contributed by atoms with E-state index in [1.807, 2.05) is 13.8 Å². The van der Waals surface area contributed by atoms with E-state index >= 15 is 0 Å². The third kappa shape index (κ3) is 5.69. The fourth-order valence-corrected chi connectivity index (χ4v) is 4.02. The number of piperazine rings is 1. The predicted octanol–water partition coefficient (Wildman–Crippen LogP) is 1.95. The van der Waals surface area contributed by atoms with Crippen molar-refractivity contribution in [3.63, 3.8) is 0 Å². The van der Waals surface area contributed by atoms with Gasteiger partial charge in [0.2, 0.25) is 10.0 Å². The molecule has 23 heavy (non-hydrogen) atoms. The van der Waals surface area contributed by atoms with Gasteiger partial charge in [-0.25, -0.2) is 12.8 Å². The topological polar surface area (TPSA) is 58.6 Å². The molecule has 1 aromatic rings. The molecule has 1 heterocycles. The van der Waals surface area contributed by atoms with Crippen molar-refractivity contribution in [3.8, 4) is 0 Å². The summed E-state index contributed by atoms with van der Waals surface area (Å²) in [6.07, 6.45) is -0.00256. The Morgan fingerprint density at radius 1 is 1.43 bits per heavy atom. The van der Waals surface area contributed by atoms with Gasteiger partial charge in [0, 0.05) is 19.6 Å². The summed E-state index contributed by atoms with van der Waals surface area (Å²) in [6, 6.07) is 5.73. The summed E-state index contributed by atoms with van der Waals surface area (Å²) in [5.74, 6) is -0.416. The molecule has 1 aliphatic rings. The fourth-order valence-electron chi connectivity index (χ4n) is 2.52. The first-order chi connectivity index (χ1) is 10.4. The van der Waals surface area contributed by atoms with E-state index in [1.54, 1.807) is 12.1 Å². The first kappa shape index (κ1) is 20.3. The average molecular weight is 367 g/mol. The fraction of sp³-hybridized carbons (Fsp3) is 0.600. The Morgan fingerprint density at radius 2 is 2.17 bits per heavy atom. The van der Waals surface area contributed by atoms with Crippen molar-refractivity contribution in [1.82, 2.24) is 9.62 Å². The minimum Gasteiger partial charge on any atom is -0.378 e. The second kappa shape index (κ2) is 8.94.